The Morgan fingerprint density at radius 1 is 1.15 bits per heavy atom. The number of unbranched alkanes of at least 4 members (excludes halogenated alkanes) is 2. The Labute approximate surface area is 121 Å². The molecule has 0 amide bonds. The Morgan fingerprint density at radius 2 is 1.95 bits per heavy atom. The van der Waals surface area contributed by atoms with Crippen molar-refractivity contribution >= 4 is 11.8 Å². The molecule has 1 fully saturated rings. The summed E-state index contributed by atoms with van der Waals surface area (Å²) in [7, 11) is 0. The summed E-state index contributed by atoms with van der Waals surface area (Å²) in [5.74, 6) is 1.59. The molecule has 1 aliphatic rings. The van der Waals surface area contributed by atoms with E-state index in [1.807, 2.05) is 0 Å². The minimum Gasteiger partial charge on any atom is -0.353 e. The summed E-state index contributed by atoms with van der Waals surface area (Å²) in [6.45, 7) is 10.7. The number of aromatic nitrogens is 3. The van der Waals surface area contributed by atoms with Gasteiger partial charge in [0.1, 0.15) is 0 Å². The molecule has 0 saturated carbocycles. The van der Waals surface area contributed by atoms with Crippen LogP contribution in [0.2, 0.25) is 0 Å². The summed E-state index contributed by atoms with van der Waals surface area (Å²) >= 11 is 0. The van der Waals surface area contributed by atoms with Crippen LogP contribution >= 0.6 is 0 Å². The summed E-state index contributed by atoms with van der Waals surface area (Å²) in [5.41, 5.74) is 0. The van der Waals surface area contributed by atoms with E-state index in [0.717, 1.165) is 51.5 Å². The van der Waals surface area contributed by atoms with E-state index in [1.54, 1.807) is 6.20 Å². The Morgan fingerprint density at radius 3 is 2.65 bits per heavy atom. The first-order chi connectivity index (χ1) is 9.83. The second kappa shape index (κ2) is 7.99. The molecule has 1 aliphatic heterocycles. The van der Waals surface area contributed by atoms with E-state index in [-0.39, 0.29) is 0 Å². The predicted molar refractivity (Wildman–Crippen MR) is 82.2 cm³/mol. The first-order valence-electron chi connectivity index (χ1n) is 7.74. The molecule has 20 heavy (non-hydrogen) atoms. The molecule has 0 atom stereocenters. The van der Waals surface area contributed by atoms with Gasteiger partial charge in [0.15, 0.2) is 5.82 Å². The molecule has 112 valence electrons. The molecule has 0 aliphatic carbocycles. The smallest absolute Gasteiger partial charge is 0.244 e. The molecule has 6 nitrogen and oxygen atoms in total. The summed E-state index contributed by atoms with van der Waals surface area (Å²) in [6.07, 6.45) is 5.37. The fourth-order valence-electron chi connectivity index (χ4n) is 2.39. The molecule has 1 saturated heterocycles. The molecule has 1 aromatic rings. The normalized spacial score (nSPS) is 16.4. The number of likely N-dealkylation sites (N-methyl/N-ethyl adjacent to an activating group) is 1. The maximum absolute atomic E-state index is 4.57. The summed E-state index contributed by atoms with van der Waals surface area (Å²) in [4.78, 5) is 9.31. The van der Waals surface area contributed by atoms with Crippen LogP contribution in [0.3, 0.4) is 0 Å². The fourth-order valence-corrected chi connectivity index (χ4v) is 2.39. The topological polar surface area (TPSA) is 57.2 Å². The zero-order chi connectivity index (χ0) is 14.2. The van der Waals surface area contributed by atoms with Gasteiger partial charge in [-0.25, -0.2) is 0 Å². The summed E-state index contributed by atoms with van der Waals surface area (Å²) in [6, 6.07) is 0. The molecule has 0 bridgehead atoms. The Balaban J connectivity index is 1.86. The molecular weight excluding hydrogens is 252 g/mol. The lowest BCUT2D eigenvalue weighted by molar-refractivity contribution is 0.270. The van der Waals surface area contributed by atoms with Gasteiger partial charge >= 0.3 is 0 Å². The second-order valence-electron chi connectivity index (χ2n) is 5.19. The van der Waals surface area contributed by atoms with E-state index in [9.17, 15) is 0 Å². The molecule has 2 rings (SSSR count). The summed E-state index contributed by atoms with van der Waals surface area (Å²) in [5, 5.41) is 11.4. The lowest BCUT2D eigenvalue weighted by Gasteiger charge is -2.34. The molecule has 0 spiro atoms. The third kappa shape index (κ3) is 4.30. The highest BCUT2D eigenvalue weighted by Gasteiger charge is 2.17. The molecular formula is C14H26N6. The number of hydrogen-bond acceptors (Lipinski definition) is 6. The van der Waals surface area contributed by atoms with Crippen molar-refractivity contribution in [2.75, 3.05) is 49.5 Å². The Hall–Kier alpha value is -1.43. The zero-order valence-corrected chi connectivity index (χ0v) is 12.7. The third-order valence-corrected chi connectivity index (χ3v) is 3.75. The van der Waals surface area contributed by atoms with Crippen molar-refractivity contribution in [3.8, 4) is 0 Å². The number of rotatable bonds is 7. The van der Waals surface area contributed by atoms with Gasteiger partial charge in [-0.1, -0.05) is 26.7 Å². The number of anilines is 2. The minimum atomic E-state index is 0.650. The van der Waals surface area contributed by atoms with Crippen LogP contribution in [0.25, 0.3) is 0 Å². The SMILES string of the molecule is CCCCCNc1nncc(N2CCN(CC)CC2)n1. The van der Waals surface area contributed by atoms with E-state index in [1.165, 1.54) is 12.8 Å². The van der Waals surface area contributed by atoms with Crippen LogP contribution in [0.4, 0.5) is 11.8 Å². The van der Waals surface area contributed by atoms with Gasteiger partial charge in [-0.2, -0.15) is 10.1 Å². The zero-order valence-electron chi connectivity index (χ0n) is 12.7. The fraction of sp³-hybridized carbons (Fsp3) is 0.786. The predicted octanol–water partition coefficient (Wildman–Crippen LogP) is 1.62. The lowest BCUT2D eigenvalue weighted by Crippen LogP contribution is -2.46. The van der Waals surface area contributed by atoms with Crippen molar-refractivity contribution in [2.45, 2.75) is 33.1 Å². The molecule has 0 radical (unpaired) electrons. The van der Waals surface area contributed by atoms with Crippen LogP contribution in [0.15, 0.2) is 6.20 Å². The van der Waals surface area contributed by atoms with Gasteiger partial charge in [-0.15, -0.1) is 5.10 Å². The van der Waals surface area contributed by atoms with Crippen molar-refractivity contribution in [3.63, 3.8) is 0 Å². The Bertz CT molecular complexity index is 389. The van der Waals surface area contributed by atoms with Gasteiger partial charge in [0.05, 0.1) is 6.20 Å². The van der Waals surface area contributed by atoms with Crippen molar-refractivity contribution in [3.05, 3.63) is 6.20 Å². The quantitative estimate of drug-likeness (QED) is 0.765. The molecule has 2 heterocycles. The van der Waals surface area contributed by atoms with Crippen LogP contribution in [0.5, 0.6) is 0 Å². The average Bonchev–Trinajstić information content (AvgIpc) is 2.52. The van der Waals surface area contributed by atoms with Crippen LogP contribution in [-0.4, -0.2) is 59.3 Å². The van der Waals surface area contributed by atoms with E-state index in [2.05, 4.69) is 44.1 Å². The van der Waals surface area contributed by atoms with E-state index < -0.39 is 0 Å². The van der Waals surface area contributed by atoms with Gasteiger partial charge in [0.2, 0.25) is 5.95 Å². The lowest BCUT2D eigenvalue weighted by atomic mass is 10.2. The van der Waals surface area contributed by atoms with Crippen LogP contribution in [-0.2, 0) is 0 Å². The van der Waals surface area contributed by atoms with Gasteiger partial charge in [-0.3, -0.25) is 0 Å². The highest BCUT2D eigenvalue weighted by atomic mass is 15.3. The van der Waals surface area contributed by atoms with Crippen LogP contribution in [0, 0.1) is 0 Å². The largest absolute Gasteiger partial charge is 0.353 e. The number of piperazine rings is 1. The highest BCUT2D eigenvalue weighted by molar-refractivity contribution is 5.40. The second-order valence-corrected chi connectivity index (χ2v) is 5.19. The van der Waals surface area contributed by atoms with Gasteiger partial charge < -0.3 is 15.1 Å². The minimum absolute atomic E-state index is 0.650. The molecule has 0 aromatic carbocycles. The standard InChI is InChI=1S/C14H26N6/c1-3-5-6-7-15-14-17-13(12-16-18-14)20-10-8-19(4-2)9-11-20/h12H,3-11H2,1-2H3,(H,15,17,18). The van der Waals surface area contributed by atoms with Gasteiger partial charge in [0.25, 0.3) is 0 Å². The van der Waals surface area contributed by atoms with E-state index in [4.69, 9.17) is 0 Å². The monoisotopic (exact) mass is 278 g/mol. The molecule has 1 N–H and O–H groups in total. The number of hydrogen-bond donors (Lipinski definition) is 1. The summed E-state index contributed by atoms with van der Waals surface area (Å²) < 4.78 is 0. The molecule has 0 unspecified atom stereocenters. The molecule has 1 aromatic heterocycles. The number of nitrogens with zero attached hydrogens (tertiary/aromatic N) is 5. The first kappa shape index (κ1) is 15.0. The van der Waals surface area contributed by atoms with Gasteiger partial charge in [-0.05, 0) is 13.0 Å². The first-order valence-corrected chi connectivity index (χ1v) is 7.74. The van der Waals surface area contributed by atoms with Crippen LogP contribution in [0.1, 0.15) is 33.1 Å². The van der Waals surface area contributed by atoms with Crippen molar-refractivity contribution in [2.24, 2.45) is 0 Å². The van der Waals surface area contributed by atoms with Crippen molar-refractivity contribution in [1.82, 2.24) is 20.1 Å². The van der Waals surface area contributed by atoms with Gasteiger partial charge in [0, 0.05) is 32.7 Å². The maximum atomic E-state index is 4.57. The Kier molecular flexibility index (Phi) is 5.98. The van der Waals surface area contributed by atoms with E-state index in [0.29, 0.717) is 5.95 Å². The molecule has 6 heteroatoms. The third-order valence-electron chi connectivity index (χ3n) is 3.75. The van der Waals surface area contributed by atoms with Crippen molar-refractivity contribution < 1.29 is 0 Å². The van der Waals surface area contributed by atoms with Crippen LogP contribution < -0.4 is 10.2 Å². The van der Waals surface area contributed by atoms with E-state index >= 15 is 0 Å². The van der Waals surface area contributed by atoms with Crippen molar-refractivity contribution in [1.29, 1.82) is 0 Å². The number of nitrogens with one attached hydrogen (secondary N) is 1. The highest BCUT2D eigenvalue weighted by Crippen LogP contribution is 2.13. The average molecular weight is 278 g/mol. The maximum Gasteiger partial charge on any atom is 0.244 e.